The molecular weight excluding hydrogens is 394 g/mol. The topological polar surface area (TPSA) is 128 Å². The molecule has 0 saturated carbocycles. The van der Waals surface area contributed by atoms with E-state index in [1.165, 1.54) is 11.0 Å². The molecule has 0 fully saturated rings. The molecule has 0 atom stereocenters. The summed E-state index contributed by atoms with van der Waals surface area (Å²) in [5.41, 5.74) is 2.10. The van der Waals surface area contributed by atoms with Crippen molar-refractivity contribution >= 4 is 40.4 Å². The predicted molar refractivity (Wildman–Crippen MR) is 117 cm³/mol. The van der Waals surface area contributed by atoms with Gasteiger partial charge in [0.2, 0.25) is 0 Å². The standard InChI is InChI=1S/C22H23N7O2/c1-22(2,3)19(30)16-11-25-20-18(16)28-17(12-26-20)27-15-7-6-14(24-10-15)8-13(9-23)21(31)29(4)5/h6-8,10-12H,1-5H3,(H,25,26)(H,27,28). The summed E-state index contributed by atoms with van der Waals surface area (Å²) in [6.07, 6.45) is 6.18. The molecule has 3 aromatic heterocycles. The summed E-state index contributed by atoms with van der Waals surface area (Å²) in [5, 5.41) is 12.3. The molecule has 0 bridgehead atoms. The molecule has 9 nitrogen and oxygen atoms in total. The minimum absolute atomic E-state index is 0.00182. The van der Waals surface area contributed by atoms with Crippen LogP contribution in [-0.2, 0) is 4.79 Å². The number of ketones is 1. The number of hydrogen-bond acceptors (Lipinski definition) is 7. The fourth-order valence-corrected chi connectivity index (χ4v) is 2.77. The van der Waals surface area contributed by atoms with Crippen LogP contribution in [-0.4, -0.2) is 50.6 Å². The number of anilines is 2. The maximum Gasteiger partial charge on any atom is 0.264 e. The Morgan fingerprint density at radius 3 is 2.52 bits per heavy atom. The summed E-state index contributed by atoms with van der Waals surface area (Å²) in [7, 11) is 3.16. The summed E-state index contributed by atoms with van der Waals surface area (Å²) in [6.45, 7) is 5.57. The Morgan fingerprint density at radius 2 is 1.94 bits per heavy atom. The van der Waals surface area contributed by atoms with Gasteiger partial charge in [0.05, 0.1) is 29.3 Å². The number of nitrogens with one attached hydrogen (secondary N) is 2. The molecule has 0 aliphatic carbocycles. The first-order chi connectivity index (χ1) is 14.6. The van der Waals surface area contributed by atoms with Crippen LogP contribution in [0, 0.1) is 16.7 Å². The normalized spacial score (nSPS) is 11.8. The molecule has 1 amide bonds. The first-order valence-electron chi connectivity index (χ1n) is 9.55. The number of pyridine rings is 1. The Kier molecular flexibility index (Phi) is 5.83. The third-order valence-electron chi connectivity index (χ3n) is 4.41. The average molecular weight is 417 g/mol. The van der Waals surface area contributed by atoms with Gasteiger partial charge in [-0.2, -0.15) is 5.26 Å². The highest BCUT2D eigenvalue weighted by atomic mass is 16.2. The van der Waals surface area contributed by atoms with Crippen LogP contribution in [0.2, 0.25) is 0 Å². The van der Waals surface area contributed by atoms with Crippen molar-refractivity contribution < 1.29 is 9.59 Å². The number of fused-ring (bicyclic) bond motifs is 1. The van der Waals surface area contributed by atoms with E-state index in [2.05, 4.69) is 25.3 Å². The molecule has 3 aromatic rings. The predicted octanol–water partition coefficient (Wildman–Crippen LogP) is 3.32. The second-order valence-electron chi connectivity index (χ2n) is 8.20. The van der Waals surface area contributed by atoms with Crippen LogP contribution >= 0.6 is 0 Å². The SMILES string of the molecule is CN(C)C(=O)C(C#N)=Cc1ccc(Nc2cnc3[nH]cc(C(=O)C(C)(C)C)c3n2)cn1. The third kappa shape index (κ3) is 4.75. The molecule has 158 valence electrons. The van der Waals surface area contributed by atoms with Gasteiger partial charge in [0.25, 0.3) is 5.91 Å². The number of carbonyl (C=O) groups is 2. The van der Waals surface area contributed by atoms with Crippen LogP contribution in [0.5, 0.6) is 0 Å². The zero-order valence-electron chi connectivity index (χ0n) is 18.0. The van der Waals surface area contributed by atoms with Crippen LogP contribution in [0.4, 0.5) is 11.5 Å². The Bertz CT molecular complexity index is 1210. The van der Waals surface area contributed by atoms with E-state index in [0.29, 0.717) is 33.9 Å². The van der Waals surface area contributed by atoms with Crippen LogP contribution < -0.4 is 5.32 Å². The van der Waals surface area contributed by atoms with Gasteiger partial charge >= 0.3 is 0 Å². The molecule has 3 heterocycles. The van der Waals surface area contributed by atoms with Crippen molar-refractivity contribution in [2.24, 2.45) is 5.41 Å². The molecule has 9 heteroatoms. The molecular formula is C22H23N7O2. The number of hydrogen-bond donors (Lipinski definition) is 2. The van der Waals surface area contributed by atoms with Crippen LogP contribution in [0.3, 0.4) is 0 Å². The van der Waals surface area contributed by atoms with E-state index in [-0.39, 0.29) is 17.3 Å². The lowest BCUT2D eigenvalue weighted by atomic mass is 9.87. The lowest BCUT2D eigenvalue weighted by Crippen LogP contribution is -2.22. The number of nitriles is 1. The highest BCUT2D eigenvalue weighted by Crippen LogP contribution is 2.26. The quantitative estimate of drug-likeness (QED) is 0.370. The Balaban J connectivity index is 1.84. The van der Waals surface area contributed by atoms with Crippen molar-refractivity contribution in [1.82, 2.24) is 24.8 Å². The van der Waals surface area contributed by atoms with Crippen LogP contribution in [0.1, 0.15) is 36.8 Å². The van der Waals surface area contributed by atoms with Crippen molar-refractivity contribution in [2.45, 2.75) is 20.8 Å². The molecule has 0 spiro atoms. The Labute approximate surface area is 179 Å². The van der Waals surface area contributed by atoms with Gasteiger partial charge in [-0.15, -0.1) is 0 Å². The van der Waals surface area contributed by atoms with E-state index in [1.807, 2.05) is 26.8 Å². The number of aromatic nitrogens is 4. The van der Waals surface area contributed by atoms with Gasteiger partial charge in [0.1, 0.15) is 23.0 Å². The van der Waals surface area contributed by atoms with Crippen molar-refractivity contribution in [3.63, 3.8) is 0 Å². The smallest absolute Gasteiger partial charge is 0.264 e. The van der Waals surface area contributed by atoms with E-state index in [4.69, 9.17) is 0 Å². The number of Topliss-reactive ketones (excluding diaryl/α,β-unsaturated/α-hetero) is 1. The molecule has 0 aliphatic rings. The van der Waals surface area contributed by atoms with Gasteiger partial charge in [-0.25, -0.2) is 9.97 Å². The zero-order valence-corrected chi connectivity index (χ0v) is 18.0. The monoisotopic (exact) mass is 417 g/mol. The van der Waals surface area contributed by atoms with E-state index in [1.54, 1.807) is 44.8 Å². The van der Waals surface area contributed by atoms with E-state index >= 15 is 0 Å². The highest BCUT2D eigenvalue weighted by Gasteiger charge is 2.26. The summed E-state index contributed by atoms with van der Waals surface area (Å²) < 4.78 is 0. The highest BCUT2D eigenvalue weighted by molar-refractivity contribution is 6.08. The van der Waals surface area contributed by atoms with Crippen molar-refractivity contribution in [2.75, 3.05) is 19.4 Å². The first-order valence-corrected chi connectivity index (χ1v) is 9.55. The summed E-state index contributed by atoms with van der Waals surface area (Å²) >= 11 is 0. The average Bonchev–Trinajstić information content (AvgIpc) is 3.14. The van der Waals surface area contributed by atoms with Crippen LogP contribution in [0.25, 0.3) is 17.2 Å². The molecule has 0 unspecified atom stereocenters. The fourth-order valence-electron chi connectivity index (χ4n) is 2.77. The number of rotatable bonds is 5. The summed E-state index contributed by atoms with van der Waals surface area (Å²) in [5.74, 6) is 0.0476. The molecule has 0 saturated heterocycles. The fraction of sp³-hybridized carbons (Fsp3) is 0.273. The van der Waals surface area contributed by atoms with E-state index in [0.717, 1.165) is 0 Å². The van der Waals surface area contributed by atoms with Crippen molar-refractivity contribution in [3.8, 4) is 6.07 Å². The maximum atomic E-state index is 12.7. The first kappa shape index (κ1) is 21.6. The van der Waals surface area contributed by atoms with Gasteiger partial charge in [0.15, 0.2) is 11.4 Å². The minimum atomic E-state index is -0.538. The number of amides is 1. The molecule has 2 N–H and O–H groups in total. The summed E-state index contributed by atoms with van der Waals surface area (Å²) in [6, 6.07) is 5.32. The van der Waals surface area contributed by atoms with Crippen LogP contribution in [0.15, 0.2) is 36.3 Å². The largest absolute Gasteiger partial charge is 0.344 e. The van der Waals surface area contributed by atoms with Crippen molar-refractivity contribution in [1.29, 1.82) is 5.26 Å². The number of carbonyl (C=O) groups excluding carboxylic acids is 2. The van der Waals surface area contributed by atoms with Gasteiger partial charge in [0, 0.05) is 25.7 Å². The van der Waals surface area contributed by atoms with Gasteiger partial charge in [-0.1, -0.05) is 20.8 Å². The van der Waals surface area contributed by atoms with Gasteiger partial charge < -0.3 is 15.2 Å². The Morgan fingerprint density at radius 1 is 1.19 bits per heavy atom. The van der Waals surface area contributed by atoms with Gasteiger partial charge in [-0.05, 0) is 18.2 Å². The molecule has 31 heavy (non-hydrogen) atoms. The van der Waals surface area contributed by atoms with Crippen molar-refractivity contribution in [3.05, 3.63) is 47.6 Å². The van der Waals surface area contributed by atoms with Gasteiger partial charge in [-0.3, -0.25) is 14.6 Å². The number of H-pyrrole nitrogens is 1. The zero-order chi connectivity index (χ0) is 22.8. The molecule has 0 aliphatic heterocycles. The van der Waals surface area contributed by atoms with E-state index < -0.39 is 5.41 Å². The van der Waals surface area contributed by atoms with E-state index in [9.17, 15) is 14.9 Å². The molecule has 3 rings (SSSR count). The number of aromatic amines is 1. The Hall–Kier alpha value is -4.06. The maximum absolute atomic E-state index is 12.7. The third-order valence-corrected chi connectivity index (χ3v) is 4.41. The second-order valence-corrected chi connectivity index (χ2v) is 8.20. The minimum Gasteiger partial charge on any atom is -0.344 e. The summed E-state index contributed by atoms with van der Waals surface area (Å²) in [4.78, 5) is 42.1. The lowest BCUT2D eigenvalue weighted by Gasteiger charge is -2.15. The molecule has 0 aromatic carbocycles. The molecule has 0 radical (unpaired) electrons. The number of nitrogens with zero attached hydrogens (tertiary/aromatic N) is 5. The number of likely N-dealkylation sites (N-methyl/N-ethyl adjacent to an activating group) is 1. The second kappa shape index (κ2) is 8.36. The lowest BCUT2D eigenvalue weighted by molar-refractivity contribution is -0.124.